The summed E-state index contributed by atoms with van der Waals surface area (Å²) in [5, 5.41) is 2.53. The molecule has 1 heterocycles. The number of anilines is 2. The van der Waals surface area contributed by atoms with Crippen molar-refractivity contribution in [3.63, 3.8) is 0 Å². The smallest absolute Gasteiger partial charge is 0.253 e. The molecule has 30 heavy (non-hydrogen) atoms. The quantitative estimate of drug-likeness (QED) is 0.618. The Labute approximate surface area is 174 Å². The maximum atomic E-state index is 14.7. The van der Waals surface area contributed by atoms with Gasteiger partial charge in [-0.1, -0.05) is 6.42 Å². The van der Waals surface area contributed by atoms with Gasteiger partial charge in [-0.2, -0.15) is 0 Å². The summed E-state index contributed by atoms with van der Waals surface area (Å²) in [5.74, 6) is -1.79. The molecule has 0 bridgehead atoms. The Bertz CT molecular complexity index is 840. The number of hydrogen-bond donors (Lipinski definition) is 2. The maximum absolute atomic E-state index is 14.7. The zero-order chi connectivity index (χ0) is 21.3. The van der Waals surface area contributed by atoms with Crippen LogP contribution in [0.3, 0.4) is 0 Å². The molecule has 1 aromatic rings. The fourth-order valence-corrected chi connectivity index (χ4v) is 3.99. The highest BCUT2D eigenvalue weighted by Gasteiger charge is 2.41. The van der Waals surface area contributed by atoms with Gasteiger partial charge >= 0.3 is 0 Å². The third-order valence-corrected chi connectivity index (χ3v) is 6.07. The summed E-state index contributed by atoms with van der Waals surface area (Å²) >= 11 is 0. The number of ether oxygens (including phenoxy) is 1. The first-order valence-corrected chi connectivity index (χ1v) is 10.5. The standard InChI is InChI=1S/C21H27FN4O4/c22-16-10-15(25-8-9-30-12-18(25)27)6-7-17(16)24-21(29)19(20(23)28)26(11-13-4-5-13)14-2-1-3-14/h6-7,10,13-14,19H,1-5,8-9,11-12H2,(H2,23,28)(H,24,29)/t19-/m0/s1. The summed E-state index contributed by atoms with van der Waals surface area (Å²) in [6.07, 6.45) is 5.11. The highest BCUT2D eigenvalue weighted by molar-refractivity contribution is 6.09. The number of amides is 3. The molecule has 0 unspecified atom stereocenters. The first-order valence-electron chi connectivity index (χ1n) is 10.5. The normalized spacial score (nSPS) is 20.7. The van der Waals surface area contributed by atoms with Crippen LogP contribution >= 0.6 is 0 Å². The van der Waals surface area contributed by atoms with Gasteiger partial charge in [-0.25, -0.2) is 4.39 Å². The molecule has 1 aliphatic heterocycles. The van der Waals surface area contributed by atoms with Gasteiger partial charge in [-0.05, 0) is 49.8 Å². The molecule has 1 saturated heterocycles. The average Bonchev–Trinajstić information content (AvgIpc) is 3.46. The van der Waals surface area contributed by atoms with E-state index in [1.165, 1.54) is 17.0 Å². The number of nitrogens with zero attached hydrogens (tertiary/aromatic N) is 2. The second kappa shape index (κ2) is 8.69. The van der Waals surface area contributed by atoms with E-state index in [1.54, 1.807) is 6.07 Å². The Kier molecular flexibility index (Phi) is 6.01. The number of morpholine rings is 1. The highest BCUT2D eigenvalue weighted by atomic mass is 19.1. The summed E-state index contributed by atoms with van der Waals surface area (Å²) in [4.78, 5) is 40.4. The zero-order valence-corrected chi connectivity index (χ0v) is 16.8. The van der Waals surface area contributed by atoms with Crippen LogP contribution in [0, 0.1) is 11.7 Å². The number of halogens is 1. The molecule has 1 atom stereocenters. The van der Waals surface area contributed by atoms with E-state index in [2.05, 4.69) is 5.32 Å². The fraction of sp³-hybridized carbons (Fsp3) is 0.571. The Morgan fingerprint density at radius 1 is 1.30 bits per heavy atom. The van der Waals surface area contributed by atoms with Crippen molar-refractivity contribution in [2.45, 2.75) is 44.2 Å². The van der Waals surface area contributed by atoms with Crippen LogP contribution in [0.1, 0.15) is 32.1 Å². The van der Waals surface area contributed by atoms with Gasteiger partial charge in [-0.15, -0.1) is 0 Å². The molecule has 2 saturated carbocycles. The minimum atomic E-state index is -1.13. The van der Waals surface area contributed by atoms with Gasteiger partial charge in [0.05, 0.1) is 12.3 Å². The minimum absolute atomic E-state index is 0.0433. The summed E-state index contributed by atoms with van der Waals surface area (Å²) < 4.78 is 19.8. The molecule has 3 fully saturated rings. The Hall–Kier alpha value is -2.52. The first kappa shape index (κ1) is 20.7. The van der Waals surface area contributed by atoms with Crippen molar-refractivity contribution in [3.05, 3.63) is 24.0 Å². The second-order valence-corrected chi connectivity index (χ2v) is 8.28. The van der Waals surface area contributed by atoms with Crippen LogP contribution in [-0.2, 0) is 19.1 Å². The van der Waals surface area contributed by atoms with E-state index in [-0.39, 0.29) is 24.2 Å². The van der Waals surface area contributed by atoms with Crippen molar-refractivity contribution in [3.8, 4) is 0 Å². The van der Waals surface area contributed by atoms with Gasteiger partial charge in [0.1, 0.15) is 12.4 Å². The summed E-state index contributed by atoms with van der Waals surface area (Å²) in [6.45, 7) is 1.33. The van der Waals surface area contributed by atoms with Crippen molar-refractivity contribution < 1.29 is 23.5 Å². The molecule has 4 rings (SSSR count). The van der Waals surface area contributed by atoms with Crippen LogP contribution in [0.5, 0.6) is 0 Å². The number of hydrogen-bond acceptors (Lipinski definition) is 5. The third kappa shape index (κ3) is 4.46. The monoisotopic (exact) mass is 418 g/mol. The topological polar surface area (TPSA) is 105 Å². The number of carbonyl (C=O) groups is 3. The van der Waals surface area contributed by atoms with Gasteiger partial charge in [-0.3, -0.25) is 19.3 Å². The molecule has 3 aliphatic rings. The molecule has 162 valence electrons. The van der Waals surface area contributed by atoms with E-state index >= 15 is 0 Å². The van der Waals surface area contributed by atoms with E-state index in [9.17, 15) is 18.8 Å². The van der Waals surface area contributed by atoms with Gasteiger partial charge in [0.15, 0.2) is 6.04 Å². The molecule has 0 aromatic heterocycles. The SMILES string of the molecule is NC(=O)[C@@H](C(=O)Nc1ccc(N2CCOCC2=O)cc1F)N(CC1CC1)C1CCC1. The molecule has 1 aromatic carbocycles. The van der Waals surface area contributed by atoms with E-state index < -0.39 is 23.7 Å². The number of nitrogens with one attached hydrogen (secondary N) is 1. The molecule has 0 spiro atoms. The number of benzene rings is 1. The Morgan fingerprint density at radius 2 is 2.07 bits per heavy atom. The lowest BCUT2D eigenvalue weighted by Crippen LogP contribution is -2.57. The first-order chi connectivity index (χ1) is 14.4. The molecule has 0 radical (unpaired) electrons. The van der Waals surface area contributed by atoms with Crippen LogP contribution in [-0.4, -0.2) is 61.0 Å². The highest BCUT2D eigenvalue weighted by Crippen LogP contribution is 2.35. The van der Waals surface area contributed by atoms with Crippen molar-refractivity contribution in [1.82, 2.24) is 4.90 Å². The van der Waals surface area contributed by atoms with Crippen LogP contribution in [0.2, 0.25) is 0 Å². The number of rotatable bonds is 8. The lowest BCUT2D eigenvalue weighted by Gasteiger charge is -2.40. The van der Waals surface area contributed by atoms with Gasteiger partial charge < -0.3 is 20.7 Å². The Morgan fingerprint density at radius 3 is 2.63 bits per heavy atom. The van der Waals surface area contributed by atoms with Gasteiger partial charge in [0, 0.05) is 24.8 Å². The average molecular weight is 418 g/mol. The van der Waals surface area contributed by atoms with Crippen LogP contribution in [0.15, 0.2) is 18.2 Å². The maximum Gasteiger partial charge on any atom is 0.253 e. The molecular formula is C21H27FN4O4. The lowest BCUT2D eigenvalue weighted by atomic mass is 9.89. The lowest BCUT2D eigenvalue weighted by molar-refractivity contribution is -0.135. The predicted molar refractivity (Wildman–Crippen MR) is 108 cm³/mol. The van der Waals surface area contributed by atoms with E-state index in [0.29, 0.717) is 31.3 Å². The van der Waals surface area contributed by atoms with Crippen molar-refractivity contribution in [1.29, 1.82) is 0 Å². The van der Waals surface area contributed by atoms with Crippen LogP contribution in [0.25, 0.3) is 0 Å². The minimum Gasteiger partial charge on any atom is -0.370 e. The van der Waals surface area contributed by atoms with E-state index in [4.69, 9.17) is 10.5 Å². The predicted octanol–water partition coefficient (Wildman–Crippen LogP) is 1.25. The van der Waals surface area contributed by atoms with Crippen LogP contribution < -0.4 is 16.0 Å². The molecule has 2 aliphatic carbocycles. The molecule has 3 N–H and O–H groups in total. The van der Waals surface area contributed by atoms with E-state index in [0.717, 1.165) is 32.1 Å². The molecular weight excluding hydrogens is 391 g/mol. The summed E-state index contributed by atoms with van der Waals surface area (Å²) in [7, 11) is 0. The number of nitrogens with two attached hydrogens (primary N) is 1. The van der Waals surface area contributed by atoms with Gasteiger partial charge in [0.25, 0.3) is 11.8 Å². The van der Waals surface area contributed by atoms with Crippen LogP contribution in [0.4, 0.5) is 15.8 Å². The van der Waals surface area contributed by atoms with Crippen molar-refractivity contribution in [2.24, 2.45) is 11.7 Å². The fourth-order valence-electron chi connectivity index (χ4n) is 3.99. The zero-order valence-electron chi connectivity index (χ0n) is 16.8. The Balaban J connectivity index is 1.49. The summed E-state index contributed by atoms with van der Waals surface area (Å²) in [6, 6.07) is 3.20. The molecule has 3 amide bonds. The number of carbonyl (C=O) groups excluding carboxylic acids is 3. The second-order valence-electron chi connectivity index (χ2n) is 8.28. The number of primary amides is 1. The van der Waals surface area contributed by atoms with Crippen molar-refractivity contribution >= 4 is 29.1 Å². The largest absolute Gasteiger partial charge is 0.370 e. The van der Waals surface area contributed by atoms with E-state index in [1.807, 2.05) is 4.90 Å². The van der Waals surface area contributed by atoms with Crippen molar-refractivity contribution in [2.75, 3.05) is 36.5 Å². The summed E-state index contributed by atoms with van der Waals surface area (Å²) in [5.41, 5.74) is 5.94. The van der Waals surface area contributed by atoms with Gasteiger partial charge in [0.2, 0.25) is 5.91 Å². The molecule has 9 heteroatoms. The third-order valence-electron chi connectivity index (χ3n) is 6.07. The molecule has 8 nitrogen and oxygen atoms in total.